The first-order valence-corrected chi connectivity index (χ1v) is 10.6. The summed E-state index contributed by atoms with van der Waals surface area (Å²) in [4.78, 5) is 17.9. The Morgan fingerprint density at radius 2 is 1.83 bits per heavy atom. The summed E-state index contributed by atoms with van der Waals surface area (Å²) in [5, 5.41) is 4.57. The smallest absolute Gasteiger partial charge is 0.267 e. The largest absolute Gasteiger partial charge is 0.417 e. The first-order chi connectivity index (χ1) is 14.3. The van der Waals surface area contributed by atoms with Gasteiger partial charge in [0.1, 0.15) is 5.82 Å². The highest BCUT2D eigenvalue weighted by Crippen LogP contribution is 2.33. The number of fused-ring (bicyclic) bond motifs is 1. The molecule has 1 aromatic heterocycles. The van der Waals surface area contributed by atoms with Crippen LogP contribution in [0.4, 0.5) is 13.2 Å². The molecule has 0 radical (unpaired) electrons. The van der Waals surface area contributed by atoms with Crippen molar-refractivity contribution in [1.82, 2.24) is 9.66 Å². The SMILES string of the molecule is O=c1c2cc(Br)ccc2nc(C2CCCCC2)n1N=Cc1ccccc1C(F)(F)F. The van der Waals surface area contributed by atoms with Gasteiger partial charge in [-0.15, -0.1) is 0 Å². The fourth-order valence-electron chi connectivity index (χ4n) is 3.89. The van der Waals surface area contributed by atoms with Crippen LogP contribution in [0.5, 0.6) is 0 Å². The van der Waals surface area contributed by atoms with E-state index >= 15 is 0 Å². The number of aromatic nitrogens is 2. The Labute approximate surface area is 179 Å². The van der Waals surface area contributed by atoms with Gasteiger partial charge in [0.05, 0.1) is 22.7 Å². The molecule has 0 amide bonds. The average Bonchev–Trinajstić information content (AvgIpc) is 2.73. The van der Waals surface area contributed by atoms with Crippen LogP contribution in [0.3, 0.4) is 0 Å². The summed E-state index contributed by atoms with van der Waals surface area (Å²) in [6.45, 7) is 0. The quantitative estimate of drug-likeness (QED) is 0.427. The fraction of sp³-hybridized carbons (Fsp3) is 0.318. The van der Waals surface area contributed by atoms with E-state index in [-0.39, 0.29) is 17.0 Å². The van der Waals surface area contributed by atoms with Crippen molar-refractivity contribution >= 4 is 33.0 Å². The van der Waals surface area contributed by atoms with E-state index in [4.69, 9.17) is 4.98 Å². The normalized spacial score (nSPS) is 15.9. The topological polar surface area (TPSA) is 47.2 Å². The molecule has 0 saturated heterocycles. The van der Waals surface area contributed by atoms with E-state index in [1.165, 1.54) is 22.9 Å². The van der Waals surface area contributed by atoms with E-state index in [0.717, 1.165) is 48.9 Å². The molecule has 1 aliphatic rings. The van der Waals surface area contributed by atoms with E-state index in [0.29, 0.717) is 16.7 Å². The van der Waals surface area contributed by atoms with Crippen LogP contribution in [-0.4, -0.2) is 15.9 Å². The third-order valence-corrected chi connectivity index (χ3v) is 5.88. The van der Waals surface area contributed by atoms with Gasteiger partial charge in [-0.3, -0.25) is 4.79 Å². The molecule has 1 saturated carbocycles. The van der Waals surface area contributed by atoms with Crippen molar-refractivity contribution in [2.45, 2.75) is 44.2 Å². The minimum absolute atomic E-state index is 0.0505. The Morgan fingerprint density at radius 1 is 1.10 bits per heavy atom. The number of halogens is 4. The van der Waals surface area contributed by atoms with Crippen LogP contribution in [-0.2, 0) is 6.18 Å². The van der Waals surface area contributed by atoms with Crippen LogP contribution in [0.2, 0.25) is 0 Å². The number of hydrogen-bond acceptors (Lipinski definition) is 3. The van der Waals surface area contributed by atoms with E-state index in [9.17, 15) is 18.0 Å². The molecule has 30 heavy (non-hydrogen) atoms. The van der Waals surface area contributed by atoms with Crippen LogP contribution >= 0.6 is 15.9 Å². The van der Waals surface area contributed by atoms with Gasteiger partial charge in [-0.05, 0) is 37.1 Å². The highest BCUT2D eigenvalue weighted by molar-refractivity contribution is 9.10. The van der Waals surface area contributed by atoms with E-state index in [1.54, 1.807) is 12.1 Å². The van der Waals surface area contributed by atoms with Crippen LogP contribution in [0, 0.1) is 0 Å². The van der Waals surface area contributed by atoms with Gasteiger partial charge in [0.2, 0.25) is 0 Å². The van der Waals surface area contributed by atoms with E-state index in [2.05, 4.69) is 21.0 Å². The monoisotopic (exact) mass is 477 g/mol. The molecule has 0 bridgehead atoms. The molecule has 0 atom stereocenters. The van der Waals surface area contributed by atoms with Gasteiger partial charge in [0, 0.05) is 16.0 Å². The summed E-state index contributed by atoms with van der Waals surface area (Å²) in [6.07, 6.45) is 1.53. The second-order valence-corrected chi connectivity index (χ2v) is 8.33. The van der Waals surface area contributed by atoms with Crippen LogP contribution < -0.4 is 5.56 Å². The van der Waals surface area contributed by atoms with Crippen molar-refractivity contribution in [3.05, 3.63) is 74.2 Å². The number of alkyl halides is 3. The molecule has 4 rings (SSSR count). The molecule has 1 heterocycles. The molecule has 156 valence electrons. The van der Waals surface area contributed by atoms with E-state index < -0.39 is 11.7 Å². The molecule has 0 unspecified atom stereocenters. The van der Waals surface area contributed by atoms with Gasteiger partial charge in [0.15, 0.2) is 0 Å². The van der Waals surface area contributed by atoms with Gasteiger partial charge < -0.3 is 0 Å². The summed E-state index contributed by atoms with van der Waals surface area (Å²) in [7, 11) is 0. The Hall–Kier alpha value is -2.48. The van der Waals surface area contributed by atoms with Gasteiger partial charge in [-0.1, -0.05) is 53.4 Å². The van der Waals surface area contributed by atoms with Gasteiger partial charge >= 0.3 is 6.18 Å². The summed E-state index contributed by atoms with van der Waals surface area (Å²) < 4.78 is 41.9. The second kappa shape index (κ2) is 8.34. The summed E-state index contributed by atoms with van der Waals surface area (Å²) in [6, 6.07) is 10.4. The zero-order chi connectivity index (χ0) is 21.3. The van der Waals surface area contributed by atoms with Gasteiger partial charge in [-0.2, -0.15) is 22.9 Å². The number of benzene rings is 2. The van der Waals surface area contributed by atoms with Gasteiger partial charge in [-0.25, -0.2) is 4.98 Å². The summed E-state index contributed by atoms with van der Waals surface area (Å²) in [5.41, 5.74) is -0.716. The maximum Gasteiger partial charge on any atom is 0.417 e. The molecule has 1 fully saturated rings. The highest BCUT2D eigenvalue weighted by atomic mass is 79.9. The van der Waals surface area contributed by atoms with Crippen molar-refractivity contribution in [3.8, 4) is 0 Å². The van der Waals surface area contributed by atoms with Crippen molar-refractivity contribution in [2.24, 2.45) is 5.10 Å². The number of nitrogens with zero attached hydrogens (tertiary/aromatic N) is 3. The lowest BCUT2D eigenvalue weighted by Crippen LogP contribution is -2.25. The van der Waals surface area contributed by atoms with Crippen LogP contribution in [0.25, 0.3) is 10.9 Å². The molecule has 0 N–H and O–H groups in total. The lowest BCUT2D eigenvalue weighted by Gasteiger charge is -2.22. The lowest BCUT2D eigenvalue weighted by molar-refractivity contribution is -0.137. The first-order valence-electron chi connectivity index (χ1n) is 9.77. The Bertz CT molecular complexity index is 1160. The summed E-state index contributed by atoms with van der Waals surface area (Å²) in [5.74, 6) is 0.560. The van der Waals surface area contributed by atoms with E-state index in [1.807, 2.05) is 6.07 Å². The van der Waals surface area contributed by atoms with Crippen molar-refractivity contribution in [1.29, 1.82) is 0 Å². The van der Waals surface area contributed by atoms with Crippen LogP contribution in [0.15, 0.2) is 56.8 Å². The fourth-order valence-corrected chi connectivity index (χ4v) is 4.25. The third-order valence-electron chi connectivity index (χ3n) is 5.38. The Morgan fingerprint density at radius 3 is 2.57 bits per heavy atom. The Balaban J connectivity index is 1.88. The predicted molar refractivity (Wildman–Crippen MR) is 114 cm³/mol. The molecule has 4 nitrogen and oxygen atoms in total. The molecular formula is C22H19BrF3N3O. The minimum atomic E-state index is -4.51. The first kappa shape index (κ1) is 20.8. The molecule has 2 aromatic carbocycles. The lowest BCUT2D eigenvalue weighted by atomic mass is 9.88. The number of rotatable bonds is 3. The zero-order valence-electron chi connectivity index (χ0n) is 16.0. The minimum Gasteiger partial charge on any atom is -0.267 e. The molecule has 8 heteroatoms. The molecule has 0 spiro atoms. The zero-order valence-corrected chi connectivity index (χ0v) is 17.6. The second-order valence-electron chi connectivity index (χ2n) is 7.41. The number of hydrogen-bond donors (Lipinski definition) is 0. The maximum atomic E-state index is 13.3. The maximum absolute atomic E-state index is 13.3. The van der Waals surface area contributed by atoms with Crippen molar-refractivity contribution < 1.29 is 13.2 Å². The average molecular weight is 478 g/mol. The molecule has 1 aliphatic carbocycles. The standard InChI is InChI=1S/C22H19BrF3N3O/c23-16-10-11-19-17(12-16)21(30)29(20(28-19)14-6-2-1-3-7-14)27-13-15-8-4-5-9-18(15)22(24,25)26/h4-5,8-14H,1-3,6-7H2. The van der Waals surface area contributed by atoms with Crippen molar-refractivity contribution in [3.63, 3.8) is 0 Å². The third kappa shape index (κ3) is 4.19. The molecule has 3 aromatic rings. The van der Waals surface area contributed by atoms with Crippen molar-refractivity contribution in [2.75, 3.05) is 0 Å². The highest BCUT2D eigenvalue weighted by Gasteiger charge is 2.32. The molecule has 0 aliphatic heterocycles. The van der Waals surface area contributed by atoms with Crippen LogP contribution in [0.1, 0.15) is 55.0 Å². The summed E-state index contributed by atoms with van der Waals surface area (Å²) >= 11 is 3.35. The predicted octanol–water partition coefficient (Wildman–Crippen LogP) is 6.11. The Kier molecular flexibility index (Phi) is 5.77. The molecular weight excluding hydrogens is 459 g/mol. The van der Waals surface area contributed by atoms with Gasteiger partial charge in [0.25, 0.3) is 5.56 Å².